The Morgan fingerprint density at radius 2 is 1.30 bits per heavy atom. The van der Waals surface area contributed by atoms with Gasteiger partial charge in [0.1, 0.15) is 0 Å². The molecule has 6 unspecified atom stereocenters. The molecule has 1 nitrogen and oxygen atoms in total. The third kappa shape index (κ3) is 5.01. The number of rotatable bonds is 7. The van der Waals surface area contributed by atoms with Gasteiger partial charge in [0.15, 0.2) is 0 Å². The number of para-hydroxylation sites is 1. The molecule has 1 heteroatoms. The van der Waals surface area contributed by atoms with E-state index in [1.807, 2.05) is 0 Å². The Morgan fingerprint density at radius 1 is 0.582 bits per heavy atom. The van der Waals surface area contributed by atoms with E-state index in [1.165, 1.54) is 123 Å². The smallest absolute Gasteiger partial charge is 0.0654 e. The van der Waals surface area contributed by atoms with E-state index >= 15 is 0 Å². The molecule has 8 aliphatic carbocycles. The van der Waals surface area contributed by atoms with Gasteiger partial charge in [0.25, 0.3) is 0 Å². The van der Waals surface area contributed by atoms with Crippen LogP contribution in [0.2, 0.25) is 0 Å². The Labute approximate surface area is 396 Å². The lowest BCUT2D eigenvalue weighted by molar-refractivity contribution is -0.412. The van der Waals surface area contributed by atoms with Crippen LogP contribution in [0.25, 0.3) is 44.7 Å². The number of hydrogen-bond acceptors (Lipinski definition) is 1. The van der Waals surface area contributed by atoms with E-state index in [1.54, 1.807) is 16.7 Å². The molecule has 5 fully saturated rings. The fourth-order valence-corrected chi connectivity index (χ4v) is 17.0. The predicted octanol–water partition coefficient (Wildman–Crippen LogP) is 14.9. The molecule has 67 heavy (non-hydrogen) atoms. The number of benzene rings is 7. The summed E-state index contributed by atoms with van der Waals surface area (Å²) in [7, 11) is 0. The maximum Gasteiger partial charge on any atom is 0.0654 e. The minimum absolute atomic E-state index is 0.00697. The molecule has 0 aromatic heterocycles. The summed E-state index contributed by atoms with van der Waals surface area (Å²) in [5, 5.41) is 5.55. The van der Waals surface area contributed by atoms with Crippen molar-refractivity contribution in [1.29, 1.82) is 0 Å². The summed E-state index contributed by atoms with van der Waals surface area (Å²) < 4.78 is 0. The van der Waals surface area contributed by atoms with E-state index in [2.05, 4.69) is 194 Å². The Balaban J connectivity index is 0.893. The molecular weight excluding hydrogens is 807 g/mol. The van der Waals surface area contributed by atoms with Gasteiger partial charge in [-0.2, -0.15) is 0 Å². The molecule has 5 saturated carbocycles. The fraction of sp³-hybridized carbons (Fsp3) is 0.303. The molecule has 0 bridgehead atoms. The van der Waals surface area contributed by atoms with Crippen LogP contribution in [0.1, 0.15) is 105 Å². The van der Waals surface area contributed by atoms with Crippen LogP contribution in [-0.2, 0) is 10.8 Å². The van der Waals surface area contributed by atoms with Crippen molar-refractivity contribution in [3.05, 3.63) is 214 Å². The first kappa shape index (κ1) is 38.9. The molecule has 0 amide bonds. The maximum absolute atomic E-state index is 2.72. The van der Waals surface area contributed by atoms with Gasteiger partial charge < -0.3 is 4.90 Å². The highest BCUT2D eigenvalue weighted by Crippen LogP contribution is 2.94. The van der Waals surface area contributed by atoms with Crippen molar-refractivity contribution in [3.63, 3.8) is 0 Å². The second-order valence-corrected chi connectivity index (χ2v) is 22.2. The topological polar surface area (TPSA) is 3.24 Å². The van der Waals surface area contributed by atoms with Gasteiger partial charge in [-0.05, 0) is 182 Å². The SMILES string of the molecule is CC1(c2cccc3ccccc23)C=CC=CC1N(c1ccc(-c2ccc3c(c2)C2(c4ccccc4-3)C3CC4CC5CC2C453)cc1)c1ccccc1C1=c2c(C3CCCCC3)cccc2=CCC1. The molecular formula is C66H59N. The van der Waals surface area contributed by atoms with Crippen LogP contribution in [0.3, 0.4) is 0 Å². The zero-order valence-corrected chi connectivity index (χ0v) is 38.8. The maximum atomic E-state index is 2.72. The van der Waals surface area contributed by atoms with Gasteiger partial charge in [0.2, 0.25) is 0 Å². The summed E-state index contributed by atoms with van der Waals surface area (Å²) >= 11 is 0. The second kappa shape index (κ2) is 14.2. The molecule has 6 atom stereocenters. The van der Waals surface area contributed by atoms with Crippen molar-refractivity contribution in [1.82, 2.24) is 0 Å². The average molecular weight is 866 g/mol. The number of allylic oxidation sites excluding steroid dienone is 2. The van der Waals surface area contributed by atoms with E-state index in [0.29, 0.717) is 11.3 Å². The van der Waals surface area contributed by atoms with Crippen molar-refractivity contribution in [2.75, 3.05) is 4.90 Å². The monoisotopic (exact) mass is 865 g/mol. The Hall–Kier alpha value is -6.18. The van der Waals surface area contributed by atoms with Crippen LogP contribution in [0, 0.1) is 29.1 Å². The summed E-state index contributed by atoms with van der Waals surface area (Å²) in [6.07, 6.45) is 25.2. The van der Waals surface area contributed by atoms with Gasteiger partial charge in [0.05, 0.1) is 6.04 Å². The molecule has 0 aliphatic heterocycles. The number of nitrogens with zero attached hydrogens (tertiary/aromatic N) is 1. The summed E-state index contributed by atoms with van der Waals surface area (Å²) in [5.74, 6) is 4.30. The molecule has 0 radical (unpaired) electrons. The largest absolute Gasteiger partial charge is 0.333 e. The molecule has 2 spiro atoms. The van der Waals surface area contributed by atoms with Crippen LogP contribution in [0.4, 0.5) is 11.4 Å². The van der Waals surface area contributed by atoms with E-state index in [9.17, 15) is 0 Å². The lowest BCUT2D eigenvalue weighted by Gasteiger charge is -2.92. The van der Waals surface area contributed by atoms with Crippen LogP contribution in [-0.4, -0.2) is 6.04 Å². The minimum Gasteiger partial charge on any atom is -0.333 e. The van der Waals surface area contributed by atoms with Gasteiger partial charge in [-0.25, -0.2) is 0 Å². The third-order valence-electron chi connectivity index (χ3n) is 19.8. The van der Waals surface area contributed by atoms with Crippen LogP contribution in [0.15, 0.2) is 176 Å². The molecule has 15 rings (SSSR count). The predicted molar refractivity (Wildman–Crippen MR) is 278 cm³/mol. The summed E-state index contributed by atoms with van der Waals surface area (Å²) in [6, 6.07) is 59.3. The minimum atomic E-state index is -0.331. The Bertz CT molecular complexity index is 3370. The number of fused-ring (bicyclic) bond motifs is 9. The average Bonchev–Trinajstić information content (AvgIpc) is 3.66. The summed E-state index contributed by atoms with van der Waals surface area (Å²) in [5.41, 5.74) is 17.8. The number of anilines is 2. The lowest BCUT2D eigenvalue weighted by Crippen LogP contribution is -2.88. The van der Waals surface area contributed by atoms with Gasteiger partial charge in [0, 0.05) is 27.8 Å². The first-order valence-electron chi connectivity index (χ1n) is 26.0. The van der Waals surface area contributed by atoms with Crippen molar-refractivity contribution in [2.45, 2.75) is 93.9 Å². The molecule has 7 aromatic rings. The van der Waals surface area contributed by atoms with E-state index in [4.69, 9.17) is 0 Å². The van der Waals surface area contributed by atoms with E-state index < -0.39 is 0 Å². The van der Waals surface area contributed by atoms with Crippen molar-refractivity contribution < 1.29 is 0 Å². The summed E-state index contributed by atoms with van der Waals surface area (Å²) in [6.45, 7) is 2.48. The number of hydrogen-bond donors (Lipinski definition) is 0. The Kier molecular flexibility index (Phi) is 8.23. The van der Waals surface area contributed by atoms with Gasteiger partial charge in [-0.1, -0.05) is 177 Å². The van der Waals surface area contributed by atoms with E-state index in [-0.39, 0.29) is 16.9 Å². The highest BCUT2D eigenvalue weighted by molar-refractivity contribution is 5.90. The van der Waals surface area contributed by atoms with Gasteiger partial charge >= 0.3 is 0 Å². The standard InChI is InChI=1S/C66H59N/c1-64(56-28-15-19-43-18-5-6-22-50(43)56)37-12-11-30-62(64)67(59-29-10-8-24-54(59)55-26-14-21-45-20-13-25-51(63(45)55)44-16-3-2-4-17-44)49-34-31-42(32-35-49)46-33-36-53-52-23-7-9-27-57(52)66(58(53)38-46)60-40-47-39-48-41-61(66)65(47,48)60/h5-13,15,18-25,27-38,44,47-48,60-62H,2-4,14,16-17,26,39-41H2,1H3. The van der Waals surface area contributed by atoms with Crippen LogP contribution >= 0.6 is 0 Å². The molecule has 8 aliphatic rings. The van der Waals surface area contributed by atoms with Crippen LogP contribution in [0.5, 0.6) is 0 Å². The zero-order valence-electron chi connectivity index (χ0n) is 38.8. The highest BCUT2D eigenvalue weighted by Gasteiger charge is 2.90. The Morgan fingerprint density at radius 3 is 2.15 bits per heavy atom. The molecule has 328 valence electrons. The first-order valence-corrected chi connectivity index (χ1v) is 26.0. The van der Waals surface area contributed by atoms with Crippen molar-refractivity contribution >= 4 is 33.8 Å². The molecule has 0 saturated heterocycles. The fourth-order valence-electron chi connectivity index (χ4n) is 17.0. The molecule has 0 heterocycles. The zero-order chi connectivity index (χ0) is 44.1. The third-order valence-corrected chi connectivity index (χ3v) is 19.8. The normalized spacial score (nSPS) is 30.1. The second-order valence-electron chi connectivity index (χ2n) is 22.2. The van der Waals surface area contributed by atoms with Crippen molar-refractivity contribution in [2.24, 2.45) is 29.1 Å². The van der Waals surface area contributed by atoms with Crippen molar-refractivity contribution in [3.8, 4) is 22.3 Å². The quantitative estimate of drug-likeness (QED) is 0.154. The molecule has 7 aromatic carbocycles. The van der Waals surface area contributed by atoms with Gasteiger partial charge in [-0.3, -0.25) is 0 Å². The lowest BCUT2D eigenvalue weighted by atomic mass is 9.11. The summed E-state index contributed by atoms with van der Waals surface area (Å²) in [4.78, 5) is 2.72. The van der Waals surface area contributed by atoms with E-state index in [0.717, 1.165) is 36.5 Å². The highest BCUT2D eigenvalue weighted by atomic mass is 15.2. The van der Waals surface area contributed by atoms with Gasteiger partial charge in [-0.15, -0.1) is 0 Å². The first-order chi connectivity index (χ1) is 33.1. The molecule has 0 N–H and O–H groups in total. The van der Waals surface area contributed by atoms with Crippen LogP contribution < -0.4 is 15.3 Å².